The highest BCUT2D eigenvalue weighted by Gasteiger charge is 2.17. The maximum absolute atomic E-state index is 13.5. The summed E-state index contributed by atoms with van der Waals surface area (Å²) in [5, 5.41) is 0. The van der Waals surface area contributed by atoms with Crippen LogP contribution in [0.5, 0.6) is 0 Å². The van der Waals surface area contributed by atoms with Gasteiger partial charge in [-0.3, -0.25) is 0 Å². The Morgan fingerprint density at radius 3 is 2.67 bits per heavy atom. The third-order valence-corrected chi connectivity index (χ3v) is 4.36. The number of aryl methyl sites for hydroxylation is 1. The van der Waals surface area contributed by atoms with Crippen molar-refractivity contribution in [2.24, 2.45) is 5.73 Å². The van der Waals surface area contributed by atoms with Crippen molar-refractivity contribution in [3.05, 3.63) is 53.2 Å². The van der Waals surface area contributed by atoms with E-state index in [2.05, 4.69) is 16.9 Å². The van der Waals surface area contributed by atoms with Gasteiger partial charge in [0.25, 0.3) is 0 Å². The Balaban J connectivity index is 2.23. The summed E-state index contributed by atoms with van der Waals surface area (Å²) in [7, 11) is -3.81. The molecule has 0 fully saturated rings. The van der Waals surface area contributed by atoms with Crippen LogP contribution in [0.3, 0.4) is 0 Å². The van der Waals surface area contributed by atoms with Gasteiger partial charge in [0.2, 0.25) is 10.0 Å². The topological polar surface area (TPSA) is 85.3 Å². The van der Waals surface area contributed by atoms with Gasteiger partial charge in [-0.15, -0.1) is 0 Å². The first-order valence-electron chi connectivity index (χ1n) is 5.94. The summed E-state index contributed by atoms with van der Waals surface area (Å²) < 4.78 is 45.4. The fourth-order valence-corrected chi connectivity index (χ4v) is 2.87. The summed E-state index contributed by atoms with van der Waals surface area (Å²) in [5.74, 6) is 0.498. The number of benzene rings is 1. The average molecular weight is 328 g/mol. The van der Waals surface area contributed by atoms with Gasteiger partial charge in [0.1, 0.15) is 22.3 Å². The molecule has 0 radical (unpaired) electrons. The van der Waals surface area contributed by atoms with Crippen molar-refractivity contribution in [2.75, 3.05) is 0 Å². The Morgan fingerprint density at radius 2 is 2.10 bits per heavy atom. The predicted octanol–water partition coefficient (Wildman–Crippen LogP) is 1.84. The molecule has 0 aliphatic rings. The normalized spacial score (nSPS) is 11.5. The molecule has 21 heavy (non-hydrogen) atoms. The lowest BCUT2D eigenvalue weighted by molar-refractivity contribution is 0.475. The Hall–Kier alpha value is -1.77. The summed E-state index contributed by atoms with van der Waals surface area (Å²) in [6.45, 7) is 1.75. The van der Waals surface area contributed by atoms with E-state index in [0.717, 1.165) is 18.2 Å². The lowest BCUT2D eigenvalue weighted by Gasteiger charge is -2.08. The second-order valence-electron chi connectivity index (χ2n) is 4.34. The zero-order valence-corrected chi connectivity index (χ0v) is 12.7. The molecule has 0 bridgehead atoms. The van der Waals surface area contributed by atoms with E-state index in [4.69, 9.17) is 10.2 Å². The highest BCUT2D eigenvalue weighted by atomic mass is 32.2. The van der Waals surface area contributed by atoms with Crippen molar-refractivity contribution < 1.29 is 17.2 Å². The van der Waals surface area contributed by atoms with E-state index in [9.17, 15) is 12.8 Å². The fraction of sp³-hybridized carbons (Fsp3) is 0.154. The minimum absolute atomic E-state index is 0.00401. The van der Waals surface area contributed by atoms with Crippen LogP contribution in [0.2, 0.25) is 0 Å². The number of nitrogens with two attached hydrogens (primary N) is 1. The molecule has 1 aromatic heterocycles. The molecular formula is C13H13FN2O3S2. The molecule has 0 saturated carbocycles. The number of halogens is 1. The number of furan rings is 1. The van der Waals surface area contributed by atoms with Crippen molar-refractivity contribution >= 4 is 27.2 Å². The average Bonchev–Trinajstić information content (AvgIpc) is 2.82. The molecule has 0 saturated heterocycles. The molecule has 0 aliphatic heterocycles. The molecule has 0 atom stereocenters. The van der Waals surface area contributed by atoms with E-state index in [0.29, 0.717) is 11.5 Å². The van der Waals surface area contributed by atoms with Crippen molar-refractivity contribution in [3.63, 3.8) is 0 Å². The Kier molecular flexibility index (Phi) is 4.40. The molecule has 5 nitrogen and oxygen atoms in total. The number of hydrogen-bond donors (Lipinski definition) is 2. The molecule has 0 aliphatic carbocycles. The number of sulfonamides is 1. The maximum atomic E-state index is 13.5. The van der Waals surface area contributed by atoms with Gasteiger partial charge < -0.3 is 10.2 Å². The standard InChI is InChI=1S/C13H13FN2O3S2/c1-8-2-3-9(19-8)7-16-21(17,18)10-4-5-12(14)11(6-10)13(15)20/h2-6,16H,7H2,1H3,(H2,15,20). The molecule has 2 aromatic rings. The van der Waals surface area contributed by atoms with Crippen LogP contribution in [0.25, 0.3) is 0 Å². The van der Waals surface area contributed by atoms with Crippen LogP contribution in [0.15, 0.2) is 39.6 Å². The molecule has 0 unspecified atom stereocenters. The Morgan fingerprint density at radius 1 is 1.38 bits per heavy atom. The van der Waals surface area contributed by atoms with Crippen LogP contribution >= 0.6 is 12.2 Å². The highest BCUT2D eigenvalue weighted by molar-refractivity contribution is 7.89. The van der Waals surface area contributed by atoms with Crippen molar-refractivity contribution in [2.45, 2.75) is 18.4 Å². The van der Waals surface area contributed by atoms with E-state index < -0.39 is 15.8 Å². The van der Waals surface area contributed by atoms with E-state index in [-0.39, 0.29) is 22.0 Å². The predicted molar refractivity (Wildman–Crippen MR) is 79.8 cm³/mol. The van der Waals surface area contributed by atoms with E-state index >= 15 is 0 Å². The summed E-state index contributed by atoms with van der Waals surface area (Å²) in [6.07, 6.45) is 0. The Labute approximate surface area is 127 Å². The first-order valence-corrected chi connectivity index (χ1v) is 7.83. The minimum Gasteiger partial charge on any atom is -0.465 e. The zero-order valence-electron chi connectivity index (χ0n) is 11.1. The summed E-state index contributed by atoms with van der Waals surface area (Å²) >= 11 is 4.68. The van der Waals surface area contributed by atoms with E-state index in [1.165, 1.54) is 0 Å². The minimum atomic E-state index is -3.81. The Bertz CT molecular complexity index is 784. The van der Waals surface area contributed by atoms with Crippen LogP contribution in [0.1, 0.15) is 17.1 Å². The lowest BCUT2D eigenvalue weighted by atomic mass is 10.2. The van der Waals surface area contributed by atoms with Gasteiger partial charge >= 0.3 is 0 Å². The largest absolute Gasteiger partial charge is 0.465 e. The molecule has 8 heteroatoms. The van der Waals surface area contributed by atoms with Crippen molar-refractivity contribution in [3.8, 4) is 0 Å². The summed E-state index contributed by atoms with van der Waals surface area (Å²) in [4.78, 5) is -0.318. The first-order chi connectivity index (χ1) is 9.79. The third-order valence-electron chi connectivity index (χ3n) is 2.75. The molecule has 3 N–H and O–H groups in total. The van der Waals surface area contributed by atoms with Gasteiger partial charge in [0.05, 0.1) is 11.4 Å². The number of rotatable bonds is 5. The van der Waals surface area contributed by atoms with Crippen LogP contribution in [0.4, 0.5) is 4.39 Å². The second-order valence-corrected chi connectivity index (χ2v) is 6.55. The first kappa shape index (κ1) is 15.6. The highest BCUT2D eigenvalue weighted by Crippen LogP contribution is 2.16. The molecule has 0 amide bonds. The van der Waals surface area contributed by atoms with Crippen LogP contribution in [-0.2, 0) is 16.6 Å². The lowest BCUT2D eigenvalue weighted by Crippen LogP contribution is -2.24. The summed E-state index contributed by atoms with van der Waals surface area (Å²) in [6, 6.07) is 6.66. The van der Waals surface area contributed by atoms with Gasteiger partial charge in [-0.2, -0.15) is 0 Å². The number of nitrogens with one attached hydrogen (secondary N) is 1. The molecule has 1 heterocycles. The summed E-state index contributed by atoms with van der Waals surface area (Å²) in [5.41, 5.74) is 5.25. The maximum Gasteiger partial charge on any atom is 0.241 e. The fourth-order valence-electron chi connectivity index (χ4n) is 1.69. The van der Waals surface area contributed by atoms with Gasteiger partial charge in [0, 0.05) is 5.56 Å². The number of hydrogen-bond acceptors (Lipinski definition) is 4. The molecule has 0 spiro atoms. The van der Waals surface area contributed by atoms with Gasteiger partial charge in [-0.25, -0.2) is 17.5 Å². The quantitative estimate of drug-likeness (QED) is 0.818. The van der Waals surface area contributed by atoms with Crippen LogP contribution in [0, 0.1) is 12.7 Å². The third kappa shape index (κ3) is 3.66. The van der Waals surface area contributed by atoms with Crippen LogP contribution < -0.4 is 10.5 Å². The molecular weight excluding hydrogens is 315 g/mol. The van der Waals surface area contributed by atoms with Gasteiger partial charge in [0.15, 0.2) is 0 Å². The van der Waals surface area contributed by atoms with E-state index in [1.54, 1.807) is 19.1 Å². The second kappa shape index (κ2) is 5.92. The van der Waals surface area contributed by atoms with Gasteiger partial charge in [-0.05, 0) is 37.3 Å². The van der Waals surface area contributed by atoms with Crippen molar-refractivity contribution in [1.82, 2.24) is 4.72 Å². The number of thiocarbonyl (C=S) groups is 1. The molecule has 112 valence electrons. The molecule has 1 aromatic carbocycles. The SMILES string of the molecule is Cc1ccc(CNS(=O)(=O)c2ccc(F)c(C(N)=S)c2)o1. The monoisotopic (exact) mass is 328 g/mol. The van der Waals surface area contributed by atoms with Gasteiger partial charge in [-0.1, -0.05) is 12.2 Å². The van der Waals surface area contributed by atoms with E-state index in [1.807, 2.05) is 0 Å². The van der Waals surface area contributed by atoms with Crippen LogP contribution in [-0.4, -0.2) is 13.4 Å². The molecule has 2 rings (SSSR count). The zero-order chi connectivity index (χ0) is 15.6. The van der Waals surface area contributed by atoms with Crippen molar-refractivity contribution in [1.29, 1.82) is 0 Å². The smallest absolute Gasteiger partial charge is 0.241 e.